The fourth-order valence-corrected chi connectivity index (χ4v) is 2.17. The number of carbonyl (C=O) groups is 1. The zero-order chi connectivity index (χ0) is 14.4. The monoisotopic (exact) mass is 279 g/mol. The molecule has 1 amide bonds. The van der Waals surface area contributed by atoms with Crippen LogP contribution < -0.4 is 10.1 Å². The van der Waals surface area contributed by atoms with Crippen LogP contribution in [0.1, 0.15) is 18.4 Å². The van der Waals surface area contributed by atoms with E-state index in [0.29, 0.717) is 32.5 Å². The fraction of sp³-hybridized carbons (Fsp3) is 0.533. The van der Waals surface area contributed by atoms with E-state index in [4.69, 9.17) is 9.47 Å². The number of ether oxygens (including phenoxy) is 2. The summed E-state index contributed by atoms with van der Waals surface area (Å²) in [6, 6.07) is 7.67. The highest BCUT2D eigenvalue weighted by atomic mass is 16.5. The van der Waals surface area contributed by atoms with E-state index in [1.807, 2.05) is 24.3 Å². The van der Waals surface area contributed by atoms with Crippen LogP contribution >= 0.6 is 0 Å². The van der Waals surface area contributed by atoms with Crippen molar-refractivity contribution >= 4 is 5.91 Å². The van der Waals surface area contributed by atoms with Crippen LogP contribution in [0.15, 0.2) is 24.3 Å². The van der Waals surface area contributed by atoms with Crippen molar-refractivity contribution in [3.63, 3.8) is 0 Å². The Hall–Kier alpha value is -1.59. The lowest BCUT2D eigenvalue weighted by Crippen LogP contribution is -2.43. The molecule has 20 heavy (non-hydrogen) atoms. The number of benzene rings is 1. The molecule has 0 radical (unpaired) electrons. The predicted molar refractivity (Wildman–Crippen MR) is 74.7 cm³/mol. The van der Waals surface area contributed by atoms with Crippen LogP contribution in [0.2, 0.25) is 0 Å². The molecular weight excluding hydrogens is 258 g/mol. The van der Waals surface area contributed by atoms with Gasteiger partial charge >= 0.3 is 0 Å². The molecule has 1 aliphatic rings. The lowest BCUT2D eigenvalue weighted by atomic mass is 10.0. The number of rotatable bonds is 6. The largest absolute Gasteiger partial charge is 0.497 e. The third kappa shape index (κ3) is 4.21. The van der Waals surface area contributed by atoms with Crippen molar-refractivity contribution in [1.29, 1.82) is 0 Å². The predicted octanol–water partition coefficient (Wildman–Crippen LogP) is 0.895. The SMILES string of the molecule is COc1cccc(CCC(=O)NCC2(O)CCOC2)c1. The summed E-state index contributed by atoms with van der Waals surface area (Å²) in [6.45, 7) is 1.10. The molecular formula is C15H21NO4. The molecule has 1 atom stereocenters. The minimum atomic E-state index is -0.897. The molecule has 5 heteroatoms. The lowest BCUT2D eigenvalue weighted by molar-refractivity contribution is -0.122. The van der Waals surface area contributed by atoms with Crippen LogP contribution in [0.5, 0.6) is 5.75 Å². The highest BCUT2D eigenvalue weighted by Crippen LogP contribution is 2.17. The van der Waals surface area contributed by atoms with Gasteiger partial charge in [-0.3, -0.25) is 4.79 Å². The second-order valence-corrected chi connectivity index (χ2v) is 5.16. The van der Waals surface area contributed by atoms with Crippen LogP contribution in [0, 0.1) is 0 Å². The highest BCUT2D eigenvalue weighted by molar-refractivity contribution is 5.76. The van der Waals surface area contributed by atoms with E-state index in [-0.39, 0.29) is 12.5 Å². The number of methoxy groups -OCH3 is 1. The minimum Gasteiger partial charge on any atom is -0.497 e. The van der Waals surface area contributed by atoms with E-state index in [9.17, 15) is 9.90 Å². The Bertz CT molecular complexity index is 455. The van der Waals surface area contributed by atoms with Gasteiger partial charge in [0.2, 0.25) is 5.91 Å². The van der Waals surface area contributed by atoms with Crippen LogP contribution in [0.4, 0.5) is 0 Å². The van der Waals surface area contributed by atoms with Gasteiger partial charge in [-0.1, -0.05) is 12.1 Å². The summed E-state index contributed by atoms with van der Waals surface area (Å²) in [5, 5.41) is 12.8. The van der Waals surface area contributed by atoms with Crippen LogP contribution in [-0.2, 0) is 16.0 Å². The van der Waals surface area contributed by atoms with Crippen molar-refractivity contribution in [1.82, 2.24) is 5.32 Å². The number of carbonyl (C=O) groups excluding carboxylic acids is 1. The Labute approximate surface area is 118 Å². The summed E-state index contributed by atoms with van der Waals surface area (Å²) in [4.78, 5) is 11.8. The summed E-state index contributed by atoms with van der Waals surface area (Å²) < 4.78 is 10.3. The van der Waals surface area contributed by atoms with Gasteiger partial charge in [0, 0.05) is 26.0 Å². The first-order chi connectivity index (χ1) is 9.61. The molecule has 1 fully saturated rings. The number of hydrogen-bond donors (Lipinski definition) is 2. The Kier molecular flexibility index (Phi) is 4.98. The third-order valence-electron chi connectivity index (χ3n) is 3.47. The van der Waals surface area contributed by atoms with Gasteiger partial charge in [0.1, 0.15) is 11.4 Å². The summed E-state index contributed by atoms with van der Waals surface area (Å²) in [6.07, 6.45) is 1.62. The average molecular weight is 279 g/mol. The van der Waals surface area contributed by atoms with Crippen molar-refractivity contribution < 1.29 is 19.4 Å². The second-order valence-electron chi connectivity index (χ2n) is 5.16. The van der Waals surface area contributed by atoms with Crippen LogP contribution in [-0.4, -0.2) is 43.5 Å². The molecule has 0 aliphatic carbocycles. The summed E-state index contributed by atoms with van der Waals surface area (Å²) in [7, 11) is 1.62. The first kappa shape index (κ1) is 14.8. The van der Waals surface area contributed by atoms with Gasteiger partial charge < -0.3 is 19.9 Å². The molecule has 0 saturated carbocycles. The third-order valence-corrected chi connectivity index (χ3v) is 3.47. The molecule has 1 heterocycles. The van der Waals surface area contributed by atoms with Crippen molar-refractivity contribution in [3.05, 3.63) is 29.8 Å². The normalized spacial score (nSPS) is 21.7. The number of aliphatic hydroxyl groups is 1. The second kappa shape index (κ2) is 6.72. The fourth-order valence-electron chi connectivity index (χ4n) is 2.17. The zero-order valence-electron chi connectivity index (χ0n) is 11.7. The van der Waals surface area contributed by atoms with Gasteiger partial charge in [0.15, 0.2) is 0 Å². The molecule has 0 aromatic heterocycles. The summed E-state index contributed by atoms with van der Waals surface area (Å²) in [5.74, 6) is 0.730. The van der Waals surface area contributed by atoms with Gasteiger partial charge in [0.05, 0.1) is 13.7 Å². The molecule has 1 aliphatic heterocycles. The van der Waals surface area contributed by atoms with Gasteiger partial charge in [-0.2, -0.15) is 0 Å². The molecule has 1 aromatic rings. The van der Waals surface area contributed by atoms with Crippen molar-refractivity contribution in [3.8, 4) is 5.75 Å². The number of hydrogen-bond acceptors (Lipinski definition) is 4. The lowest BCUT2D eigenvalue weighted by Gasteiger charge is -2.20. The van der Waals surface area contributed by atoms with Crippen molar-refractivity contribution in [2.75, 3.05) is 26.9 Å². The van der Waals surface area contributed by atoms with Crippen molar-refractivity contribution in [2.24, 2.45) is 0 Å². The zero-order valence-corrected chi connectivity index (χ0v) is 11.7. The molecule has 0 spiro atoms. The maximum atomic E-state index is 11.8. The van der Waals surface area contributed by atoms with Crippen molar-refractivity contribution in [2.45, 2.75) is 24.9 Å². The minimum absolute atomic E-state index is 0.0619. The van der Waals surface area contributed by atoms with Crippen LogP contribution in [0.3, 0.4) is 0 Å². The van der Waals surface area contributed by atoms with E-state index in [1.54, 1.807) is 7.11 Å². The van der Waals surface area contributed by atoms with E-state index in [1.165, 1.54) is 0 Å². The van der Waals surface area contributed by atoms with E-state index < -0.39 is 5.60 Å². The molecule has 2 rings (SSSR count). The molecule has 1 unspecified atom stereocenters. The number of nitrogens with one attached hydrogen (secondary N) is 1. The summed E-state index contributed by atoms with van der Waals surface area (Å²) in [5.41, 5.74) is 0.161. The van der Waals surface area contributed by atoms with E-state index in [0.717, 1.165) is 11.3 Å². The number of amides is 1. The Morgan fingerprint density at radius 3 is 3.10 bits per heavy atom. The first-order valence-corrected chi connectivity index (χ1v) is 6.81. The van der Waals surface area contributed by atoms with Gasteiger partial charge in [-0.15, -0.1) is 0 Å². The maximum absolute atomic E-state index is 11.8. The first-order valence-electron chi connectivity index (χ1n) is 6.81. The van der Waals surface area contributed by atoms with Crippen LogP contribution in [0.25, 0.3) is 0 Å². The number of aryl methyl sites for hydroxylation is 1. The highest BCUT2D eigenvalue weighted by Gasteiger charge is 2.32. The van der Waals surface area contributed by atoms with E-state index >= 15 is 0 Å². The molecule has 0 bridgehead atoms. The molecule has 1 saturated heterocycles. The Balaban J connectivity index is 1.74. The topological polar surface area (TPSA) is 67.8 Å². The maximum Gasteiger partial charge on any atom is 0.220 e. The smallest absolute Gasteiger partial charge is 0.220 e. The van der Waals surface area contributed by atoms with E-state index in [2.05, 4.69) is 5.32 Å². The quantitative estimate of drug-likeness (QED) is 0.811. The van der Waals surface area contributed by atoms with Gasteiger partial charge in [0.25, 0.3) is 0 Å². The van der Waals surface area contributed by atoms with Gasteiger partial charge in [-0.25, -0.2) is 0 Å². The Morgan fingerprint density at radius 2 is 2.40 bits per heavy atom. The average Bonchev–Trinajstić information content (AvgIpc) is 2.90. The Morgan fingerprint density at radius 1 is 1.55 bits per heavy atom. The molecule has 1 aromatic carbocycles. The molecule has 5 nitrogen and oxygen atoms in total. The van der Waals surface area contributed by atoms with Gasteiger partial charge in [-0.05, 0) is 24.1 Å². The molecule has 110 valence electrons. The standard InChI is InChI=1S/C15H21NO4/c1-19-13-4-2-3-12(9-13)5-6-14(17)16-10-15(18)7-8-20-11-15/h2-4,9,18H,5-8,10-11H2,1H3,(H,16,17). The molecule has 2 N–H and O–H groups in total. The summed E-state index contributed by atoms with van der Waals surface area (Å²) >= 11 is 0.